The third-order valence-electron chi connectivity index (χ3n) is 2.49. The van der Waals surface area contributed by atoms with Crippen LogP contribution in [0.25, 0.3) is 0 Å². The zero-order valence-electron chi connectivity index (χ0n) is 8.04. The van der Waals surface area contributed by atoms with E-state index in [9.17, 15) is 0 Å². The van der Waals surface area contributed by atoms with Crippen LogP contribution in [0.15, 0.2) is 0 Å². The van der Waals surface area contributed by atoms with Crippen LogP contribution in [0.2, 0.25) is 0 Å². The standard InChI is InChI=1S/C8H16.C2H6/c1-3-5-8(4-2)6-7-8;1-2/h3-7H2,1-2H3;1-2H3. The topological polar surface area (TPSA) is 0 Å². The zero-order valence-corrected chi connectivity index (χ0v) is 8.04. The molecule has 0 heteroatoms. The maximum Gasteiger partial charge on any atom is -0.0300 e. The van der Waals surface area contributed by atoms with Gasteiger partial charge in [0.1, 0.15) is 0 Å². The molecule has 0 aromatic rings. The van der Waals surface area contributed by atoms with Gasteiger partial charge in [0.05, 0.1) is 0 Å². The van der Waals surface area contributed by atoms with E-state index in [4.69, 9.17) is 0 Å². The molecule has 1 saturated carbocycles. The van der Waals surface area contributed by atoms with Gasteiger partial charge in [-0.1, -0.05) is 40.5 Å². The molecule has 1 rings (SSSR count). The first kappa shape index (κ1) is 10.0. The Morgan fingerprint density at radius 3 is 1.70 bits per heavy atom. The van der Waals surface area contributed by atoms with E-state index in [1.807, 2.05) is 13.8 Å². The van der Waals surface area contributed by atoms with E-state index in [0.717, 1.165) is 5.41 Å². The highest BCUT2D eigenvalue weighted by atomic mass is 14.4. The Labute approximate surface area is 66.0 Å². The lowest BCUT2D eigenvalue weighted by Crippen LogP contribution is -1.95. The van der Waals surface area contributed by atoms with E-state index >= 15 is 0 Å². The summed E-state index contributed by atoms with van der Waals surface area (Å²) in [4.78, 5) is 0. The Bertz CT molecular complexity index is 70.1. The van der Waals surface area contributed by atoms with Crippen molar-refractivity contribution in [2.24, 2.45) is 5.41 Å². The summed E-state index contributed by atoms with van der Waals surface area (Å²) >= 11 is 0. The summed E-state index contributed by atoms with van der Waals surface area (Å²) < 4.78 is 0. The molecule has 0 aliphatic heterocycles. The largest absolute Gasteiger partial charge is 0.0683 e. The van der Waals surface area contributed by atoms with Crippen LogP contribution in [-0.4, -0.2) is 0 Å². The van der Waals surface area contributed by atoms with E-state index < -0.39 is 0 Å². The Balaban J connectivity index is 0.000000371. The van der Waals surface area contributed by atoms with Crippen LogP contribution in [-0.2, 0) is 0 Å². The van der Waals surface area contributed by atoms with Crippen molar-refractivity contribution in [2.45, 2.75) is 59.8 Å². The van der Waals surface area contributed by atoms with Crippen LogP contribution in [0, 0.1) is 5.41 Å². The molecule has 0 amide bonds. The molecule has 0 radical (unpaired) electrons. The van der Waals surface area contributed by atoms with Crippen LogP contribution in [0.5, 0.6) is 0 Å². The molecule has 0 unspecified atom stereocenters. The number of hydrogen-bond donors (Lipinski definition) is 0. The molecule has 0 nitrogen and oxygen atoms in total. The molecule has 10 heavy (non-hydrogen) atoms. The summed E-state index contributed by atoms with van der Waals surface area (Å²) in [5.74, 6) is 0. The minimum Gasteiger partial charge on any atom is -0.0683 e. The Morgan fingerprint density at radius 2 is 1.60 bits per heavy atom. The fourth-order valence-electron chi connectivity index (χ4n) is 1.49. The third kappa shape index (κ3) is 2.72. The molecule has 0 aromatic heterocycles. The lowest BCUT2D eigenvalue weighted by atomic mass is 9.98. The highest BCUT2D eigenvalue weighted by Crippen LogP contribution is 2.52. The average molecular weight is 142 g/mol. The van der Waals surface area contributed by atoms with Crippen molar-refractivity contribution >= 4 is 0 Å². The molecule has 0 saturated heterocycles. The average Bonchev–Trinajstić information content (AvgIpc) is 2.75. The van der Waals surface area contributed by atoms with Crippen LogP contribution >= 0.6 is 0 Å². The van der Waals surface area contributed by atoms with Gasteiger partial charge in [0.2, 0.25) is 0 Å². The van der Waals surface area contributed by atoms with Gasteiger partial charge >= 0.3 is 0 Å². The smallest absolute Gasteiger partial charge is 0.0300 e. The van der Waals surface area contributed by atoms with Crippen molar-refractivity contribution in [1.82, 2.24) is 0 Å². The van der Waals surface area contributed by atoms with Crippen LogP contribution in [0.4, 0.5) is 0 Å². The zero-order chi connectivity index (χ0) is 8.04. The number of rotatable bonds is 3. The van der Waals surface area contributed by atoms with E-state index in [2.05, 4.69) is 13.8 Å². The molecular weight excluding hydrogens is 120 g/mol. The minimum absolute atomic E-state index is 0.842. The molecule has 0 spiro atoms. The molecule has 1 fully saturated rings. The second kappa shape index (κ2) is 4.76. The Hall–Kier alpha value is 0. The van der Waals surface area contributed by atoms with Crippen molar-refractivity contribution in [3.63, 3.8) is 0 Å². The highest BCUT2D eigenvalue weighted by molar-refractivity contribution is 4.90. The van der Waals surface area contributed by atoms with E-state index in [-0.39, 0.29) is 0 Å². The lowest BCUT2D eigenvalue weighted by Gasteiger charge is -2.07. The SMILES string of the molecule is CC.CCCC1(CC)CC1. The van der Waals surface area contributed by atoms with Gasteiger partial charge in [-0.3, -0.25) is 0 Å². The molecule has 0 heterocycles. The summed E-state index contributed by atoms with van der Waals surface area (Å²) in [6.07, 6.45) is 7.30. The fraction of sp³-hybridized carbons (Fsp3) is 1.00. The van der Waals surface area contributed by atoms with Gasteiger partial charge in [0.25, 0.3) is 0 Å². The summed E-state index contributed by atoms with van der Waals surface area (Å²) in [5, 5.41) is 0. The third-order valence-corrected chi connectivity index (χ3v) is 2.49. The second-order valence-electron chi connectivity index (χ2n) is 3.10. The van der Waals surface area contributed by atoms with Gasteiger partial charge in [0, 0.05) is 0 Å². The van der Waals surface area contributed by atoms with Crippen molar-refractivity contribution in [2.75, 3.05) is 0 Å². The van der Waals surface area contributed by atoms with E-state index in [0.29, 0.717) is 0 Å². The first-order valence-electron chi connectivity index (χ1n) is 4.83. The Kier molecular flexibility index (Phi) is 4.76. The van der Waals surface area contributed by atoms with Gasteiger partial charge in [-0.25, -0.2) is 0 Å². The van der Waals surface area contributed by atoms with Gasteiger partial charge in [0.15, 0.2) is 0 Å². The van der Waals surface area contributed by atoms with Crippen LogP contribution in [0.1, 0.15) is 59.8 Å². The Morgan fingerprint density at radius 1 is 1.10 bits per heavy atom. The van der Waals surface area contributed by atoms with Gasteiger partial charge in [-0.05, 0) is 24.7 Å². The van der Waals surface area contributed by atoms with Crippen molar-refractivity contribution in [1.29, 1.82) is 0 Å². The molecule has 0 bridgehead atoms. The second-order valence-corrected chi connectivity index (χ2v) is 3.10. The monoisotopic (exact) mass is 142 g/mol. The van der Waals surface area contributed by atoms with Crippen LogP contribution in [0.3, 0.4) is 0 Å². The summed E-state index contributed by atoms with van der Waals surface area (Å²) in [7, 11) is 0. The fourth-order valence-corrected chi connectivity index (χ4v) is 1.49. The number of hydrogen-bond acceptors (Lipinski definition) is 0. The highest BCUT2D eigenvalue weighted by Gasteiger charge is 2.38. The van der Waals surface area contributed by atoms with Gasteiger partial charge < -0.3 is 0 Å². The predicted molar refractivity (Wildman–Crippen MR) is 48.2 cm³/mol. The molecular formula is C10H22. The first-order chi connectivity index (χ1) is 4.83. The normalized spacial score (nSPS) is 19.2. The lowest BCUT2D eigenvalue weighted by molar-refractivity contribution is 0.444. The van der Waals surface area contributed by atoms with Crippen LogP contribution < -0.4 is 0 Å². The van der Waals surface area contributed by atoms with E-state index in [1.54, 1.807) is 0 Å². The summed E-state index contributed by atoms with van der Waals surface area (Å²) in [6, 6.07) is 0. The first-order valence-corrected chi connectivity index (χ1v) is 4.83. The molecule has 1 aliphatic rings. The molecule has 62 valence electrons. The predicted octanol–water partition coefficient (Wildman–Crippen LogP) is 4.00. The van der Waals surface area contributed by atoms with Gasteiger partial charge in [-0.2, -0.15) is 0 Å². The van der Waals surface area contributed by atoms with E-state index in [1.165, 1.54) is 32.1 Å². The molecule has 1 aliphatic carbocycles. The van der Waals surface area contributed by atoms with Crippen molar-refractivity contribution in [3.8, 4) is 0 Å². The summed E-state index contributed by atoms with van der Waals surface area (Å²) in [6.45, 7) is 8.61. The van der Waals surface area contributed by atoms with Gasteiger partial charge in [-0.15, -0.1) is 0 Å². The maximum absolute atomic E-state index is 2.32. The molecule has 0 aromatic carbocycles. The van der Waals surface area contributed by atoms with Crippen molar-refractivity contribution in [3.05, 3.63) is 0 Å². The maximum atomic E-state index is 2.32. The summed E-state index contributed by atoms with van der Waals surface area (Å²) in [5.41, 5.74) is 0.842. The minimum atomic E-state index is 0.842. The molecule has 0 atom stereocenters. The van der Waals surface area contributed by atoms with Crippen molar-refractivity contribution < 1.29 is 0 Å². The molecule has 0 N–H and O–H groups in total. The quantitative estimate of drug-likeness (QED) is 0.558.